The summed E-state index contributed by atoms with van der Waals surface area (Å²) in [6, 6.07) is 0.181. The minimum atomic E-state index is -1.27. The summed E-state index contributed by atoms with van der Waals surface area (Å²) >= 11 is 1.13. The first kappa shape index (κ1) is 20.5. The van der Waals surface area contributed by atoms with Gasteiger partial charge in [-0.15, -0.1) is 0 Å². The topological polar surface area (TPSA) is 129 Å². The number of ether oxygens (including phenoxy) is 1. The molecule has 1 fully saturated rings. The third kappa shape index (κ3) is 3.81. The Kier molecular flexibility index (Phi) is 5.81. The van der Waals surface area contributed by atoms with E-state index in [1.165, 1.54) is 12.5 Å². The van der Waals surface area contributed by atoms with Gasteiger partial charge < -0.3 is 20.1 Å². The molecule has 0 aromatic carbocycles. The number of Topliss-reactive ketones (excluding diaryl/α,β-unsaturated/α-hetero) is 1. The van der Waals surface area contributed by atoms with Gasteiger partial charge in [0, 0.05) is 43.5 Å². The summed E-state index contributed by atoms with van der Waals surface area (Å²) in [7, 11) is 1.62. The molecule has 4 heterocycles. The van der Waals surface area contributed by atoms with Crippen LogP contribution in [0.25, 0.3) is 0 Å². The highest BCUT2D eigenvalue weighted by atomic mass is 32.1. The molecule has 160 valence electrons. The van der Waals surface area contributed by atoms with Gasteiger partial charge >= 0.3 is 5.97 Å². The van der Waals surface area contributed by atoms with Gasteiger partial charge in [0.05, 0.1) is 19.3 Å². The molecule has 1 unspecified atom stereocenters. The Labute approximate surface area is 176 Å². The molecule has 1 saturated heterocycles. The lowest BCUT2D eigenvalue weighted by Gasteiger charge is -2.46. The second kappa shape index (κ2) is 8.52. The molecule has 3 N–H and O–H groups in total. The molecule has 4 rings (SSSR count). The smallest absolute Gasteiger partial charge is 0.341 e. The Bertz CT molecular complexity index is 922. The summed E-state index contributed by atoms with van der Waals surface area (Å²) in [5.41, 5.74) is 3.82. The number of nitrogens with zero attached hydrogens (tertiary/aromatic N) is 4. The number of anilines is 1. The summed E-state index contributed by atoms with van der Waals surface area (Å²) in [6.07, 6.45) is 4.04. The van der Waals surface area contributed by atoms with E-state index in [1.54, 1.807) is 12.0 Å². The lowest BCUT2D eigenvalue weighted by molar-refractivity contribution is -0.134. The van der Waals surface area contributed by atoms with Crippen molar-refractivity contribution in [2.24, 2.45) is 0 Å². The first-order chi connectivity index (χ1) is 14.5. The lowest BCUT2D eigenvalue weighted by atomic mass is 9.90. The fraction of sp³-hybridized carbons (Fsp3) is 0.444. The summed E-state index contributed by atoms with van der Waals surface area (Å²) in [6.45, 7) is 4.26. The number of ketones is 1. The van der Waals surface area contributed by atoms with E-state index in [4.69, 9.17) is 9.57 Å². The van der Waals surface area contributed by atoms with E-state index in [9.17, 15) is 14.7 Å². The molecular formula is C18H22N6O5S. The fourth-order valence-corrected chi connectivity index (χ4v) is 4.05. The van der Waals surface area contributed by atoms with E-state index >= 15 is 0 Å². The Hall–Kier alpha value is -2.80. The second-order valence-electron chi connectivity index (χ2n) is 7.04. The SMILES string of the molecule is COCCONC1CN(C2=CC(C)=C3C(=O)C(C(=O)O)=CN(c4ncns4)C3N2)C1. The van der Waals surface area contributed by atoms with E-state index in [2.05, 4.69) is 25.1 Å². The third-order valence-electron chi connectivity index (χ3n) is 5.03. The molecule has 0 aliphatic carbocycles. The van der Waals surface area contributed by atoms with Gasteiger partial charge in [-0.1, -0.05) is 0 Å². The number of carboxylic acids is 1. The molecule has 1 atom stereocenters. The highest BCUT2D eigenvalue weighted by molar-refractivity contribution is 7.09. The van der Waals surface area contributed by atoms with Crippen LogP contribution in [0.2, 0.25) is 0 Å². The van der Waals surface area contributed by atoms with Crippen LogP contribution in [0, 0.1) is 0 Å². The Morgan fingerprint density at radius 2 is 2.23 bits per heavy atom. The van der Waals surface area contributed by atoms with Crippen molar-refractivity contribution in [3.8, 4) is 0 Å². The zero-order valence-corrected chi connectivity index (χ0v) is 17.3. The lowest BCUT2D eigenvalue weighted by Crippen LogP contribution is -2.62. The van der Waals surface area contributed by atoms with E-state index < -0.39 is 17.9 Å². The molecule has 30 heavy (non-hydrogen) atoms. The number of nitrogens with one attached hydrogen (secondary N) is 2. The average Bonchev–Trinajstić information content (AvgIpc) is 3.20. The largest absolute Gasteiger partial charge is 0.477 e. The van der Waals surface area contributed by atoms with Crippen molar-refractivity contribution in [1.82, 2.24) is 25.1 Å². The van der Waals surface area contributed by atoms with Crippen LogP contribution in [0.4, 0.5) is 5.13 Å². The maximum atomic E-state index is 12.8. The number of aromatic nitrogens is 2. The van der Waals surface area contributed by atoms with Crippen LogP contribution in [0.1, 0.15) is 6.92 Å². The number of dihydropyridines is 1. The standard InChI is InChI=1S/C18H22N6O5S/c1-10-5-13(23-6-11(7-23)22-29-4-3-28-2)21-16-14(10)15(25)12(17(26)27)8-24(16)18-19-9-20-30-18/h5,8-9,11,16,21-22H,3-4,6-7H2,1-2H3,(H,26,27). The summed E-state index contributed by atoms with van der Waals surface area (Å²) in [5, 5.41) is 13.3. The minimum absolute atomic E-state index is 0.181. The monoisotopic (exact) mass is 434 g/mol. The van der Waals surface area contributed by atoms with Crippen molar-refractivity contribution in [2.75, 3.05) is 38.3 Å². The molecule has 11 nitrogen and oxygen atoms in total. The molecule has 3 aliphatic heterocycles. The summed E-state index contributed by atoms with van der Waals surface area (Å²) in [4.78, 5) is 37.8. The molecule has 12 heteroatoms. The molecule has 3 aliphatic rings. The van der Waals surface area contributed by atoms with Crippen molar-refractivity contribution in [3.05, 3.63) is 41.1 Å². The van der Waals surface area contributed by atoms with Gasteiger partial charge in [0.15, 0.2) is 0 Å². The van der Waals surface area contributed by atoms with Crippen LogP contribution in [0.5, 0.6) is 0 Å². The number of hydrogen-bond acceptors (Lipinski definition) is 11. The van der Waals surface area contributed by atoms with Gasteiger partial charge in [-0.25, -0.2) is 9.78 Å². The molecule has 1 aromatic heterocycles. The van der Waals surface area contributed by atoms with E-state index in [0.717, 1.165) is 30.4 Å². The first-order valence-electron chi connectivity index (χ1n) is 9.34. The molecule has 0 bridgehead atoms. The quantitative estimate of drug-likeness (QED) is 0.287. The molecule has 1 aromatic rings. The van der Waals surface area contributed by atoms with Crippen LogP contribution >= 0.6 is 11.5 Å². The van der Waals surface area contributed by atoms with Gasteiger partial charge in [0.25, 0.3) is 0 Å². The van der Waals surface area contributed by atoms with Gasteiger partial charge in [-0.2, -0.15) is 9.85 Å². The van der Waals surface area contributed by atoms with Crippen LogP contribution in [0.15, 0.2) is 41.1 Å². The summed E-state index contributed by atoms with van der Waals surface area (Å²) in [5.74, 6) is -0.915. The zero-order valence-electron chi connectivity index (χ0n) is 16.5. The Morgan fingerprint density at radius 3 is 2.90 bits per heavy atom. The maximum absolute atomic E-state index is 12.8. The van der Waals surface area contributed by atoms with Crippen LogP contribution < -0.4 is 15.7 Å². The fourth-order valence-electron chi connectivity index (χ4n) is 3.51. The Balaban J connectivity index is 1.52. The van der Waals surface area contributed by atoms with Crippen molar-refractivity contribution in [2.45, 2.75) is 19.1 Å². The average molecular weight is 434 g/mol. The molecule has 0 radical (unpaired) electrons. The third-order valence-corrected chi connectivity index (χ3v) is 5.71. The van der Waals surface area contributed by atoms with Crippen molar-refractivity contribution in [1.29, 1.82) is 0 Å². The van der Waals surface area contributed by atoms with Crippen LogP contribution in [-0.4, -0.2) is 76.7 Å². The van der Waals surface area contributed by atoms with E-state index in [0.29, 0.717) is 29.5 Å². The van der Waals surface area contributed by atoms with Gasteiger partial charge in [0.1, 0.15) is 23.9 Å². The Morgan fingerprint density at radius 1 is 1.43 bits per heavy atom. The number of allylic oxidation sites excluding steroid dienone is 2. The molecule has 0 spiro atoms. The number of carbonyl (C=O) groups excluding carboxylic acids is 1. The molecule has 0 saturated carbocycles. The van der Waals surface area contributed by atoms with Gasteiger partial charge in [-0.05, 0) is 18.6 Å². The van der Waals surface area contributed by atoms with Gasteiger partial charge in [-0.3, -0.25) is 14.5 Å². The maximum Gasteiger partial charge on any atom is 0.341 e. The number of likely N-dealkylation sites (tertiary alicyclic amines) is 1. The number of methoxy groups -OCH3 is 1. The number of fused-ring (bicyclic) bond motifs is 1. The molecule has 0 amide bonds. The first-order valence-corrected chi connectivity index (χ1v) is 10.1. The highest BCUT2D eigenvalue weighted by Gasteiger charge is 2.42. The van der Waals surface area contributed by atoms with Crippen molar-refractivity contribution in [3.63, 3.8) is 0 Å². The minimum Gasteiger partial charge on any atom is -0.477 e. The predicted molar refractivity (Wildman–Crippen MR) is 107 cm³/mol. The number of carbonyl (C=O) groups is 2. The van der Waals surface area contributed by atoms with E-state index in [-0.39, 0.29) is 11.6 Å². The normalized spacial score (nSPS) is 21.7. The van der Waals surface area contributed by atoms with Crippen molar-refractivity contribution >= 4 is 28.4 Å². The zero-order chi connectivity index (χ0) is 21.3. The molecular weight excluding hydrogens is 412 g/mol. The number of aliphatic carboxylic acids is 1. The van der Waals surface area contributed by atoms with E-state index in [1.807, 2.05) is 13.0 Å². The predicted octanol–water partition coefficient (Wildman–Crippen LogP) is -0.165. The number of carboxylic acid groups (broad SMARTS) is 1. The summed E-state index contributed by atoms with van der Waals surface area (Å²) < 4.78 is 8.95. The number of rotatable bonds is 8. The number of hydroxylamine groups is 1. The van der Waals surface area contributed by atoms with Crippen LogP contribution in [-0.2, 0) is 19.2 Å². The van der Waals surface area contributed by atoms with Crippen LogP contribution in [0.3, 0.4) is 0 Å². The number of hydrogen-bond donors (Lipinski definition) is 3. The van der Waals surface area contributed by atoms with Crippen molar-refractivity contribution < 1.29 is 24.3 Å². The highest BCUT2D eigenvalue weighted by Crippen LogP contribution is 2.34. The van der Waals surface area contributed by atoms with Gasteiger partial charge in [0.2, 0.25) is 10.9 Å². The second-order valence-corrected chi connectivity index (χ2v) is 7.80.